The topological polar surface area (TPSA) is 57.2 Å². The Morgan fingerprint density at radius 3 is 2.25 bits per heavy atom. The van der Waals surface area contributed by atoms with Crippen molar-refractivity contribution in [1.82, 2.24) is 0 Å². The smallest absolute Gasteiger partial charge is 0.172 e. The number of fused-ring (bicyclic) bond motifs is 6. The van der Waals surface area contributed by atoms with Crippen molar-refractivity contribution in [2.75, 3.05) is 26.4 Å². The van der Waals surface area contributed by atoms with E-state index in [1.54, 1.807) is 0 Å². The Morgan fingerprint density at radius 1 is 0.786 bits per heavy atom. The zero-order chi connectivity index (χ0) is 19.2. The van der Waals surface area contributed by atoms with E-state index in [0.29, 0.717) is 44.2 Å². The summed E-state index contributed by atoms with van der Waals surface area (Å²) < 4.78 is 25.2. The van der Waals surface area contributed by atoms with E-state index in [9.17, 15) is 5.11 Å². The van der Waals surface area contributed by atoms with Gasteiger partial charge in [-0.05, 0) is 54.3 Å². The largest absolute Gasteiger partial charge is 0.393 e. The Labute approximate surface area is 168 Å². The van der Waals surface area contributed by atoms with Gasteiger partial charge < -0.3 is 24.1 Å². The van der Waals surface area contributed by atoms with Crippen molar-refractivity contribution in [2.45, 2.75) is 82.9 Å². The molecular weight excluding hydrogens is 356 g/mol. The predicted octanol–water partition coefficient (Wildman–Crippen LogP) is 3.49. The Kier molecular flexibility index (Phi) is 3.94. The summed E-state index contributed by atoms with van der Waals surface area (Å²) in [6.45, 7) is 7.64. The summed E-state index contributed by atoms with van der Waals surface area (Å²) in [6.07, 6.45) is 8.31. The molecule has 2 saturated heterocycles. The van der Waals surface area contributed by atoms with Gasteiger partial charge in [-0.15, -0.1) is 0 Å². The molecule has 0 bridgehead atoms. The average Bonchev–Trinajstić information content (AvgIpc) is 3.37. The van der Waals surface area contributed by atoms with Crippen molar-refractivity contribution in [3.63, 3.8) is 0 Å². The zero-order valence-corrected chi connectivity index (χ0v) is 17.5. The highest BCUT2D eigenvalue weighted by Crippen LogP contribution is 2.70. The summed E-state index contributed by atoms with van der Waals surface area (Å²) in [7, 11) is 0. The van der Waals surface area contributed by atoms with Crippen LogP contribution in [0.4, 0.5) is 0 Å². The second-order valence-electron chi connectivity index (χ2n) is 11.2. The van der Waals surface area contributed by atoms with E-state index in [1.807, 2.05) is 0 Å². The van der Waals surface area contributed by atoms with Crippen LogP contribution in [-0.2, 0) is 18.9 Å². The SMILES string of the molecule is C[C@]12CCC[C@@H]1[C@@H]1[C@H]([C@H](O)C2)[C@@]2(C)CCC3(C[C@@H]2CC12OCCO2)OCCO3. The minimum absolute atomic E-state index is 0.106. The molecule has 2 aliphatic heterocycles. The fraction of sp³-hybridized carbons (Fsp3) is 1.00. The first-order valence-corrected chi connectivity index (χ1v) is 11.6. The third-order valence-corrected chi connectivity index (χ3v) is 9.99. The normalized spacial score (nSPS) is 53.9. The maximum Gasteiger partial charge on any atom is 0.172 e. The van der Waals surface area contributed by atoms with Crippen LogP contribution in [0.3, 0.4) is 0 Å². The van der Waals surface area contributed by atoms with Crippen molar-refractivity contribution in [1.29, 1.82) is 0 Å². The van der Waals surface area contributed by atoms with E-state index < -0.39 is 11.6 Å². The quantitative estimate of drug-likeness (QED) is 0.684. The second kappa shape index (κ2) is 5.94. The van der Waals surface area contributed by atoms with Gasteiger partial charge in [0, 0.05) is 25.2 Å². The van der Waals surface area contributed by atoms with Gasteiger partial charge in [-0.2, -0.15) is 0 Å². The zero-order valence-electron chi connectivity index (χ0n) is 17.5. The van der Waals surface area contributed by atoms with E-state index in [4.69, 9.17) is 18.9 Å². The number of aliphatic hydroxyl groups excluding tert-OH is 1. The Morgan fingerprint density at radius 2 is 1.50 bits per heavy atom. The molecule has 0 aromatic rings. The van der Waals surface area contributed by atoms with Gasteiger partial charge in [0.25, 0.3) is 0 Å². The lowest BCUT2D eigenvalue weighted by Gasteiger charge is -2.66. The van der Waals surface area contributed by atoms with Crippen LogP contribution < -0.4 is 0 Å². The molecule has 0 radical (unpaired) electrons. The van der Waals surface area contributed by atoms with Crippen LogP contribution in [0.5, 0.6) is 0 Å². The van der Waals surface area contributed by atoms with Crippen LogP contribution in [0.25, 0.3) is 0 Å². The molecule has 0 aromatic heterocycles. The summed E-state index contributed by atoms with van der Waals surface area (Å²) in [6, 6.07) is 0. The number of hydrogen-bond donors (Lipinski definition) is 1. The van der Waals surface area contributed by atoms with Gasteiger partial charge in [-0.1, -0.05) is 20.3 Å². The van der Waals surface area contributed by atoms with Crippen molar-refractivity contribution >= 4 is 0 Å². The highest BCUT2D eigenvalue weighted by Gasteiger charge is 2.70. The molecule has 6 aliphatic rings. The fourth-order valence-corrected chi connectivity index (χ4v) is 8.79. The van der Waals surface area contributed by atoms with Crippen molar-refractivity contribution < 1.29 is 24.1 Å². The molecular formula is C23H36O5. The van der Waals surface area contributed by atoms with Gasteiger partial charge in [-0.3, -0.25) is 0 Å². The monoisotopic (exact) mass is 392 g/mol. The lowest BCUT2D eigenvalue weighted by atomic mass is 9.42. The maximum atomic E-state index is 11.5. The van der Waals surface area contributed by atoms with Gasteiger partial charge >= 0.3 is 0 Å². The summed E-state index contributed by atoms with van der Waals surface area (Å²) >= 11 is 0. The maximum absolute atomic E-state index is 11.5. The van der Waals surface area contributed by atoms with Crippen LogP contribution in [-0.4, -0.2) is 49.2 Å². The first-order chi connectivity index (χ1) is 13.4. The van der Waals surface area contributed by atoms with Crippen molar-refractivity contribution in [2.24, 2.45) is 34.5 Å². The van der Waals surface area contributed by atoms with Crippen LogP contribution in [0.15, 0.2) is 0 Å². The molecule has 28 heavy (non-hydrogen) atoms. The summed E-state index contributed by atoms with van der Waals surface area (Å²) in [5, 5.41) is 11.5. The van der Waals surface area contributed by atoms with Crippen LogP contribution in [0, 0.1) is 34.5 Å². The molecule has 4 aliphatic carbocycles. The molecule has 1 N–H and O–H groups in total. The minimum atomic E-state index is -0.510. The molecule has 0 amide bonds. The minimum Gasteiger partial charge on any atom is -0.393 e. The summed E-state index contributed by atoms with van der Waals surface area (Å²) in [5.74, 6) is 0.652. The first kappa shape index (κ1) is 18.6. The molecule has 5 nitrogen and oxygen atoms in total. The van der Waals surface area contributed by atoms with E-state index in [2.05, 4.69) is 13.8 Å². The third-order valence-electron chi connectivity index (χ3n) is 9.99. The van der Waals surface area contributed by atoms with Gasteiger partial charge in [0.15, 0.2) is 11.6 Å². The molecule has 158 valence electrons. The number of aliphatic hydroxyl groups is 1. The van der Waals surface area contributed by atoms with Crippen molar-refractivity contribution in [3.8, 4) is 0 Å². The highest BCUT2D eigenvalue weighted by atomic mass is 16.7. The van der Waals surface area contributed by atoms with Gasteiger partial charge in [0.1, 0.15) is 0 Å². The van der Waals surface area contributed by atoms with Crippen LogP contribution >= 0.6 is 0 Å². The number of ether oxygens (including phenoxy) is 4. The van der Waals surface area contributed by atoms with Crippen molar-refractivity contribution in [3.05, 3.63) is 0 Å². The van der Waals surface area contributed by atoms with E-state index in [1.165, 1.54) is 19.3 Å². The third kappa shape index (κ3) is 2.31. The molecule has 6 fully saturated rings. The van der Waals surface area contributed by atoms with E-state index in [0.717, 1.165) is 32.1 Å². The van der Waals surface area contributed by atoms with Crippen LogP contribution in [0.2, 0.25) is 0 Å². The van der Waals surface area contributed by atoms with Crippen LogP contribution in [0.1, 0.15) is 65.2 Å². The lowest BCUT2D eigenvalue weighted by molar-refractivity contribution is -0.327. The summed E-state index contributed by atoms with van der Waals surface area (Å²) in [5.41, 5.74) is 0.342. The van der Waals surface area contributed by atoms with Gasteiger partial charge in [0.05, 0.1) is 32.5 Å². The van der Waals surface area contributed by atoms with Gasteiger partial charge in [-0.25, -0.2) is 0 Å². The first-order valence-electron chi connectivity index (χ1n) is 11.6. The van der Waals surface area contributed by atoms with Gasteiger partial charge in [0.2, 0.25) is 0 Å². The molecule has 0 aromatic carbocycles. The second-order valence-corrected chi connectivity index (χ2v) is 11.2. The Bertz CT molecular complexity index is 639. The lowest BCUT2D eigenvalue weighted by Crippen LogP contribution is -2.67. The summed E-state index contributed by atoms with van der Waals surface area (Å²) in [4.78, 5) is 0. The number of rotatable bonds is 0. The fourth-order valence-electron chi connectivity index (χ4n) is 8.79. The number of hydrogen-bond acceptors (Lipinski definition) is 5. The Balaban J connectivity index is 1.43. The molecule has 7 atom stereocenters. The molecule has 4 saturated carbocycles. The molecule has 5 heteroatoms. The Hall–Kier alpha value is -0.200. The molecule has 2 heterocycles. The average molecular weight is 393 g/mol. The standard InChI is InChI=1S/C23H36O5/c1-20-5-3-4-16(20)18-19(17(24)14-20)21(2)6-7-22(25-8-9-26-22)12-15(21)13-23(18)27-10-11-28-23/h15-19,24H,3-14H2,1-2H3/t15-,16-,17-,18-,19+,20-,21+/m1/s1. The molecule has 2 spiro atoms. The highest BCUT2D eigenvalue weighted by molar-refractivity contribution is 5.16. The van der Waals surface area contributed by atoms with E-state index >= 15 is 0 Å². The van der Waals surface area contributed by atoms with E-state index in [-0.39, 0.29) is 22.9 Å². The predicted molar refractivity (Wildman–Crippen MR) is 102 cm³/mol. The molecule has 0 unspecified atom stereocenters. The molecule has 6 rings (SSSR count).